The minimum absolute atomic E-state index is 0.341. The molecule has 2 nitrogen and oxygen atoms in total. The summed E-state index contributed by atoms with van der Waals surface area (Å²) in [5.41, 5.74) is 2.66. The van der Waals surface area contributed by atoms with Gasteiger partial charge in [0.15, 0.2) is 0 Å². The molecular weight excluding hydrogens is 174 g/mol. The molecule has 0 saturated heterocycles. The van der Waals surface area contributed by atoms with Crippen LogP contribution in [0.1, 0.15) is 12.0 Å². The standard InChI is InChI=1S/C12H15NO/c1-13-8-6-11(7-9-13)10-2-4-12(14)5-3-10/h2-6,14H,7-9H2,1H3/p+1. The second-order valence-electron chi connectivity index (χ2n) is 3.94. The summed E-state index contributed by atoms with van der Waals surface area (Å²) in [6.45, 7) is 2.31. The van der Waals surface area contributed by atoms with Gasteiger partial charge in [-0.3, -0.25) is 0 Å². The van der Waals surface area contributed by atoms with Crippen LogP contribution in [0.5, 0.6) is 5.75 Å². The van der Waals surface area contributed by atoms with Gasteiger partial charge in [-0.05, 0) is 29.3 Å². The summed E-state index contributed by atoms with van der Waals surface area (Å²) in [6.07, 6.45) is 3.43. The van der Waals surface area contributed by atoms with Crippen LogP contribution in [0, 0.1) is 0 Å². The molecule has 2 N–H and O–H groups in total. The van der Waals surface area contributed by atoms with E-state index in [1.165, 1.54) is 17.7 Å². The highest BCUT2D eigenvalue weighted by Crippen LogP contribution is 2.20. The summed E-state index contributed by atoms with van der Waals surface area (Å²) < 4.78 is 0. The zero-order valence-corrected chi connectivity index (χ0v) is 8.46. The lowest BCUT2D eigenvalue weighted by atomic mass is 10.00. The molecule has 1 aromatic rings. The minimum Gasteiger partial charge on any atom is -0.508 e. The molecule has 0 aromatic heterocycles. The van der Waals surface area contributed by atoms with Gasteiger partial charge in [0.05, 0.1) is 20.1 Å². The number of quaternary nitrogens is 1. The third-order valence-corrected chi connectivity index (χ3v) is 2.76. The summed E-state index contributed by atoms with van der Waals surface area (Å²) >= 11 is 0. The van der Waals surface area contributed by atoms with Crippen LogP contribution in [0.2, 0.25) is 0 Å². The maximum Gasteiger partial charge on any atom is 0.115 e. The van der Waals surface area contributed by atoms with E-state index < -0.39 is 0 Å². The van der Waals surface area contributed by atoms with Crippen LogP contribution >= 0.6 is 0 Å². The molecule has 1 aliphatic heterocycles. The van der Waals surface area contributed by atoms with Gasteiger partial charge in [-0.15, -0.1) is 0 Å². The lowest BCUT2D eigenvalue weighted by Crippen LogP contribution is -3.09. The molecule has 1 heterocycles. The van der Waals surface area contributed by atoms with Gasteiger partial charge >= 0.3 is 0 Å². The fraction of sp³-hybridized carbons (Fsp3) is 0.333. The minimum atomic E-state index is 0.341. The van der Waals surface area contributed by atoms with Gasteiger partial charge in [0.25, 0.3) is 0 Å². The quantitative estimate of drug-likeness (QED) is 0.669. The number of hydrogen-bond acceptors (Lipinski definition) is 1. The Balaban J connectivity index is 2.19. The molecule has 1 aliphatic rings. The van der Waals surface area contributed by atoms with Crippen molar-refractivity contribution in [2.75, 3.05) is 20.1 Å². The topological polar surface area (TPSA) is 24.7 Å². The van der Waals surface area contributed by atoms with Gasteiger partial charge in [0.2, 0.25) is 0 Å². The van der Waals surface area contributed by atoms with E-state index in [4.69, 9.17) is 0 Å². The zero-order chi connectivity index (χ0) is 9.97. The van der Waals surface area contributed by atoms with Crippen LogP contribution in [0.15, 0.2) is 30.3 Å². The summed E-state index contributed by atoms with van der Waals surface area (Å²) in [5, 5.41) is 9.17. The molecule has 0 bridgehead atoms. The molecule has 2 heteroatoms. The van der Waals surface area contributed by atoms with E-state index in [1.54, 1.807) is 17.0 Å². The number of phenols is 1. The number of phenolic OH excluding ortho intramolecular Hbond substituents is 1. The van der Waals surface area contributed by atoms with Gasteiger partial charge in [0.1, 0.15) is 5.75 Å². The number of nitrogens with one attached hydrogen (secondary N) is 1. The normalized spacial score (nSPS) is 21.8. The highest BCUT2D eigenvalue weighted by atomic mass is 16.3. The lowest BCUT2D eigenvalue weighted by molar-refractivity contribution is -0.874. The predicted molar refractivity (Wildman–Crippen MR) is 57.3 cm³/mol. The molecule has 0 radical (unpaired) electrons. The fourth-order valence-corrected chi connectivity index (χ4v) is 1.79. The van der Waals surface area contributed by atoms with Crippen LogP contribution in [0.4, 0.5) is 0 Å². The van der Waals surface area contributed by atoms with Gasteiger partial charge in [0, 0.05) is 6.42 Å². The number of hydrogen-bond donors (Lipinski definition) is 2. The third-order valence-electron chi connectivity index (χ3n) is 2.76. The molecule has 1 aromatic carbocycles. The number of aromatic hydroxyl groups is 1. The Hall–Kier alpha value is -1.28. The second kappa shape index (κ2) is 3.84. The number of rotatable bonds is 1. The first-order valence-corrected chi connectivity index (χ1v) is 5.05. The van der Waals surface area contributed by atoms with Crippen molar-refractivity contribution in [3.05, 3.63) is 35.9 Å². The van der Waals surface area contributed by atoms with Crippen LogP contribution in [-0.2, 0) is 0 Å². The van der Waals surface area contributed by atoms with Crippen molar-refractivity contribution in [1.29, 1.82) is 0 Å². The van der Waals surface area contributed by atoms with E-state index in [1.807, 2.05) is 12.1 Å². The largest absolute Gasteiger partial charge is 0.508 e. The van der Waals surface area contributed by atoms with E-state index in [-0.39, 0.29) is 0 Å². The van der Waals surface area contributed by atoms with Crippen molar-refractivity contribution in [1.82, 2.24) is 0 Å². The number of likely N-dealkylation sites (N-methyl/N-ethyl adjacent to an activating group) is 1. The van der Waals surface area contributed by atoms with Crippen LogP contribution in [-0.4, -0.2) is 25.2 Å². The number of benzene rings is 1. The highest BCUT2D eigenvalue weighted by Gasteiger charge is 2.11. The Morgan fingerprint density at radius 2 is 1.93 bits per heavy atom. The van der Waals surface area contributed by atoms with Gasteiger partial charge in [-0.25, -0.2) is 0 Å². The average Bonchev–Trinajstić information content (AvgIpc) is 2.21. The molecule has 0 amide bonds. The summed E-state index contributed by atoms with van der Waals surface area (Å²) in [4.78, 5) is 1.56. The molecule has 0 fully saturated rings. The molecule has 0 spiro atoms. The third kappa shape index (κ3) is 1.96. The monoisotopic (exact) mass is 190 g/mol. The zero-order valence-electron chi connectivity index (χ0n) is 8.46. The van der Waals surface area contributed by atoms with Crippen molar-refractivity contribution in [3.8, 4) is 5.75 Å². The molecule has 1 unspecified atom stereocenters. The summed E-state index contributed by atoms with van der Waals surface area (Å²) in [5.74, 6) is 0.341. The molecule has 0 saturated carbocycles. The molecule has 2 rings (SSSR count). The SMILES string of the molecule is C[NH+]1CC=C(c2ccc(O)cc2)CC1. The first-order chi connectivity index (χ1) is 6.75. The van der Waals surface area contributed by atoms with E-state index in [2.05, 4.69) is 13.1 Å². The Morgan fingerprint density at radius 1 is 1.21 bits per heavy atom. The van der Waals surface area contributed by atoms with E-state index in [0.29, 0.717) is 5.75 Å². The molecular formula is C12H16NO+. The van der Waals surface area contributed by atoms with Crippen LogP contribution in [0.25, 0.3) is 5.57 Å². The summed E-state index contributed by atoms with van der Waals surface area (Å²) in [6, 6.07) is 7.48. The van der Waals surface area contributed by atoms with E-state index >= 15 is 0 Å². The maximum absolute atomic E-state index is 9.17. The Bertz CT molecular complexity index is 340. The maximum atomic E-state index is 9.17. The first kappa shape index (κ1) is 9.28. The average molecular weight is 190 g/mol. The van der Waals surface area contributed by atoms with E-state index in [0.717, 1.165) is 13.0 Å². The smallest absolute Gasteiger partial charge is 0.115 e. The predicted octanol–water partition coefficient (Wildman–Crippen LogP) is 0.694. The molecule has 14 heavy (non-hydrogen) atoms. The molecule has 1 atom stereocenters. The lowest BCUT2D eigenvalue weighted by Gasteiger charge is -2.19. The highest BCUT2D eigenvalue weighted by molar-refractivity contribution is 5.66. The first-order valence-electron chi connectivity index (χ1n) is 5.05. The van der Waals surface area contributed by atoms with Crippen LogP contribution < -0.4 is 4.90 Å². The molecule has 0 aliphatic carbocycles. The van der Waals surface area contributed by atoms with Crippen molar-refractivity contribution in [3.63, 3.8) is 0 Å². The van der Waals surface area contributed by atoms with Crippen molar-refractivity contribution < 1.29 is 10.0 Å². The fourth-order valence-electron chi connectivity index (χ4n) is 1.79. The molecule has 74 valence electrons. The van der Waals surface area contributed by atoms with Gasteiger partial charge in [-0.1, -0.05) is 12.1 Å². The second-order valence-corrected chi connectivity index (χ2v) is 3.94. The van der Waals surface area contributed by atoms with Crippen LogP contribution in [0.3, 0.4) is 0 Å². The van der Waals surface area contributed by atoms with E-state index in [9.17, 15) is 5.11 Å². The van der Waals surface area contributed by atoms with Crippen molar-refractivity contribution >= 4 is 5.57 Å². The Labute approximate surface area is 84.5 Å². The Kier molecular flexibility index (Phi) is 2.55. The van der Waals surface area contributed by atoms with Gasteiger partial charge in [-0.2, -0.15) is 0 Å². The van der Waals surface area contributed by atoms with Gasteiger partial charge < -0.3 is 10.0 Å². The van der Waals surface area contributed by atoms with Crippen molar-refractivity contribution in [2.45, 2.75) is 6.42 Å². The summed E-state index contributed by atoms with van der Waals surface area (Å²) in [7, 11) is 2.21. The Morgan fingerprint density at radius 3 is 2.50 bits per heavy atom. The van der Waals surface area contributed by atoms with Crippen molar-refractivity contribution in [2.24, 2.45) is 0 Å².